The Hall–Kier alpha value is -1.39. The minimum absolute atomic E-state index is 0.238. The highest BCUT2D eigenvalue weighted by Crippen LogP contribution is 2.30. The van der Waals surface area contributed by atoms with Crippen LogP contribution in [0.4, 0.5) is 5.69 Å². The largest absolute Gasteiger partial charge is 0.380 e. The zero-order valence-corrected chi connectivity index (χ0v) is 14.5. The van der Waals surface area contributed by atoms with Gasteiger partial charge in [0.05, 0.1) is 15.2 Å². The molecule has 2 heterocycles. The van der Waals surface area contributed by atoms with Crippen LogP contribution in [0.15, 0.2) is 30.3 Å². The van der Waals surface area contributed by atoms with Crippen LogP contribution in [0.2, 0.25) is 0 Å². The van der Waals surface area contributed by atoms with Gasteiger partial charge in [0.15, 0.2) is 0 Å². The van der Waals surface area contributed by atoms with Crippen LogP contribution in [0.5, 0.6) is 0 Å². The topological polar surface area (TPSA) is 24.9 Å². The van der Waals surface area contributed by atoms with Crippen LogP contribution in [0.1, 0.15) is 35.5 Å². The van der Waals surface area contributed by atoms with Gasteiger partial charge in [0.2, 0.25) is 0 Å². The quantitative estimate of drug-likeness (QED) is 0.682. The van der Waals surface area contributed by atoms with Crippen molar-refractivity contribution in [3.05, 3.63) is 45.1 Å². The van der Waals surface area contributed by atoms with Crippen molar-refractivity contribution in [1.82, 2.24) is 4.98 Å². The van der Waals surface area contributed by atoms with Crippen molar-refractivity contribution in [1.29, 1.82) is 0 Å². The number of nitrogens with zero attached hydrogens (tertiary/aromatic N) is 1. The molecule has 0 spiro atoms. The van der Waals surface area contributed by atoms with E-state index in [2.05, 4.69) is 68.3 Å². The first-order chi connectivity index (χ1) is 9.91. The van der Waals surface area contributed by atoms with E-state index in [1.54, 1.807) is 11.3 Å². The first-order valence-electron chi connectivity index (χ1n) is 7.12. The summed E-state index contributed by atoms with van der Waals surface area (Å²) in [6, 6.07) is 10.9. The second-order valence-electron chi connectivity index (χ2n) is 6.28. The molecule has 0 atom stereocenters. The third kappa shape index (κ3) is 3.27. The second kappa shape index (κ2) is 5.43. The molecular weight excluding hydrogens is 296 g/mol. The molecule has 0 radical (unpaired) electrons. The van der Waals surface area contributed by atoms with Crippen LogP contribution in [0.3, 0.4) is 0 Å². The predicted octanol–water partition coefficient (Wildman–Crippen LogP) is 5.58. The van der Waals surface area contributed by atoms with Crippen molar-refractivity contribution in [2.45, 2.75) is 39.7 Å². The maximum Gasteiger partial charge on any atom is 0.0907 e. The second-order valence-corrected chi connectivity index (χ2v) is 8.69. The van der Waals surface area contributed by atoms with Crippen LogP contribution in [0, 0.1) is 6.92 Å². The number of aryl methyl sites for hydroxylation is 1. The summed E-state index contributed by atoms with van der Waals surface area (Å²) >= 11 is 3.64. The van der Waals surface area contributed by atoms with Gasteiger partial charge in [-0.1, -0.05) is 20.8 Å². The normalized spacial score (nSPS) is 12.0. The molecule has 3 aromatic rings. The number of benzene rings is 1. The standard InChI is InChI=1S/C17H20N2S2/c1-11-19-14-7-5-12(9-15(14)20-11)18-10-13-6-8-16(21-13)17(2,3)4/h5-9,18H,10H2,1-4H3. The Kier molecular flexibility index (Phi) is 3.76. The van der Waals surface area contributed by atoms with Gasteiger partial charge >= 0.3 is 0 Å². The highest BCUT2D eigenvalue weighted by molar-refractivity contribution is 7.18. The molecule has 4 heteroatoms. The van der Waals surface area contributed by atoms with Gasteiger partial charge in [-0.3, -0.25) is 0 Å². The summed E-state index contributed by atoms with van der Waals surface area (Å²) < 4.78 is 1.25. The van der Waals surface area contributed by atoms with E-state index in [9.17, 15) is 0 Å². The molecule has 0 amide bonds. The zero-order chi connectivity index (χ0) is 15.0. The summed E-state index contributed by atoms with van der Waals surface area (Å²) in [4.78, 5) is 7.31. The van der Waals surface area contributed by atoms with Gasteiger partial charge in [0.25, 0.3) is 0 Å². The fourth-order valence-corrected chi connectivity index (χ4v) is 4.09. The maximum absolute atomic E-state index is 4.50. The molecule has 1 N–H and O–H groups in total. The van der Waals surface area contributed by atoms with Crippen LogP contribution in [-0.2, 0) is 12.0 Å². The number of rotatable bonds is 3. The van der Waals surface area contributed by atoms with Crippen molar-refractivity contribution in [3.63, 3.8) is 0 Å². The van der Waals surface area contributed by atoms with E-state index in [1.807, 2.05) is 11.3 Å². The first kappa shape index (κ1) is 14.5. The number of anilines is 1. The number of thiazole rings is 1. The van der Waals surface area contributed by atoms with E-state index >= 15 is 0 Å². The fraction of sp³-hybridized carbons (Fsp3) is 0.353. The molecule has 0 saturated carbocycles. The van der Waals surface area contributed by atoms with Crippen molar-refractivity contribution in [3.8, 4) is 0 Å². The lowest BCUT2D eigenvalue weighted by atomic mass is 9.95. The first-order valence-corrected chi connectivity index (χ1v) is 8.75. The smallest absolute Gasteiger partial charge is 0.0907 e. The molecule has 2 aromatic heterocycles. The number of nitrogens with one attached hydrogen (secondary N) is 1. The molecule has 0 aliphatic carbocycles. The Bertz CT molecular complexity index is 763. The van der Waals surface area contributed by atoms with E-state index < -0.39 is 0 Å². The molecule has 0 aliphatic heterocycles. The maximum atomic E-state index is 4.50. The minimum atomic E-state index is 0.238. The van der Waals surface area contributed by atoms with E-state index in [-0.39, 0.29) is 5.41 Å². The lowest BCUT2D eigenvalue weighted by Gasteiger charge is -2.15. The van der Waals surface area contributed by atoms with Crippen LogP contribution >= 0.6 is 22.7 Å². The molecule has 1 aromatic carbocycles. The monoisotopic (exact) mass is 316 g/mol. The van der Waals surface area contributed by atoms with Crippen molar-refractivity contribution in [2.24, 2.45) is 0 Å². The summed E-state index contributed by atoms with van der Waals surface area (Å²) in [5, 5.41) is 4.64. The Balaban J connectivity index is 1.72. The van der Waals surface area contributed by atoms with E-state index in [0.717, 1.165) is 22.8 Å². The number of hydrogen-bond acceptors (Lipinski definition) is 4. The van der Waals surface area contributed by atoms with Gasteiger partial charge in [0.1, 0.15) is 0 Å². The fourth-order valence-electron chi connectivity index (χ4n) is 2.21. The number of hydrogen-bond donors (Lipinski definition) is 1. The number of aromatic nitrogens is 1. The average molecular weight is 316 g/mol. The molecular formula is C17H20N2S2. The molecule has 21 heavy (non-hydrogen) atoms. The minimum Gasteiger partial charge on any atom is -0.380 e. The van der Waals surface area contributed by atoms with E-state index in [4.69, 9.17) is 0 Å². The SMILES string of the molecule is Cc1nc2ccc(NCc3ccc(C(C)(C)C)s3)cc2s1. The Morgan fingerprint density at radius 1 is 1.10 bits per heavy atom. The number of fused-ring (bicyclic) bond motifs is 1. The average Bonchev–Trinajstić information content (AvgIpc) is 3.00. The van der Waals surface area contributed by atoms with Gasteiger partial charge in [0, 0.05) is 22.0 Å². The van der Waals surface area contributed by atoms with Crippen LogP contribution < -0.4 is 5.32 Å². The predicted molar refractivity (Wildman–Crippen MR) is 94.7 cm³/mol. The van der Waals surface area contributed by atoms with Gasteiger partial charge in [-0.25, -0.2) is 4.98 Å². The van der Waals surface area contributed by atoms with Crippen LogP contribution in [-0.4, -0.2) is 4.98 Å². The van der Waals surface area contributed by atoms with Crippen molar-refractivity contribution in [2.75, 3.05) is 5.32 Å². The summed E-state index contributed by atoms with van der Waals surface area (Å²) in [5.41, 5.74) is 2.49. The van der Waals surface area contributed by atoms with Gasteiger partial charge in [-0.2, -0.15) is 0 Å². The molecule has 0 saturated heterocycles. The summed E-state index contributed by atoms with van der Waals surface area (Å²) in [5.74, 6) is 0. The third-order valence-electron chi connectivity index (χ3n) is 3.36. The highest BCUT2D eigenvalue weighted by Gasteiger charge is 2.15. The summed E-state index contributed by atoms with van der Waals surface area (Å²) in [6.07, 6.45) is 0. The lowest BCUT2D eigenvalue weighted by molar-refractivity contribution is 0.604. The van der Waals surface area contributed by atoms with E-state index in [1.165, 1.54) is 14.5 Å². The molecule has 2 nitrogen and oxygen atoms in total. The van der Waals surface area contributed by atoms with Crippen LogP contribution in [0.25, 0.3) is 10.2 Å². The molecule has 0 fully saturated rings. The molecule has 110 valence electrons. The highest BCUT2D eigenvalue weighted by atomic mass is 32.1. The van der Waals surface area contributed by atoms with Gasteiger partial charge in [-0.05, 0) is 42.7 Å². The summed E-state index contributed by atoms with van der Waals surface area (Å²) in [7, 11) is 0. The zero-order valence-electron chi connectivity index (χ0n) is 12.9. The molecule has 3 rings (SSSR count). The molecule has 0 bridgehead atoms. The number of thiophene rings is 1. The summed E-state index contributed by atoms with van der Waals surface area (Å²) in [6.45, 7) is 9.71. The Morgan fingerprint density at radius 3 is 2.62 bits per heavy atom. The lowest BCUT2D eigenvalue weighted by Crippen LogP contribution is -2.07. The molecule has 0 aliphatic rings. The molecule has 0 unspecified atom stereocenters. The Morgan fingerprint density at radius 2 is 1.90 bits per heavy atom. The van der Waals surface area contributed by atoms with Gasteiger partial charge in [-0.15, -0.1) is 22.7 Å². The van der Waals surface area contributed by atoms with E-state index in [0.29, 0.717) is 0 Å². The van der Waals surface area contributed by atoms with Gasteiger partial charge < -0.3 is 5.32 Å². The van der Waals surface area contributed by atoms with Crippen molar-refractivity contribution >= 4 is 38.6 Å². The Labute approximate surface area is 133 Å². The van der Waals surface area contributed by atoms with Crippen molar-refractivity contribution < 1.29 is 0 Å². The third-order valence-corrected chi connectivity index (χ3v) is 5.81.